The number of hydrogen-bond donors (Lipinski definition) is 1. The zero-order chi connectivity index (χ0) is 20.9. The average molecular weight is 410 g/mol. The predicted octanol–water partition coefficient (Wildman–Crippen LogP) is 5.29. The molecule has 0 fully saturated rings. The van der Waals surface area contributed by atoms with Gasteiger partial charge in [0.25, 0.3) is 0 Å². The van der Waals surface area contributed by atoms with Crippen LogP contribution < -0.4 is 10.1 Å². The standard InChI is InChI=1S/C25H19FN4O/c1-15-6-8-16(9-7-15)23-21-22(29-25-27-14-28-30(23)25)19-4-2-3-5-20(19)31-24(21)17-10-12-18(26)13-11-17/h2-14,23-24H,1H3,(H,27,28,29)/t23-,24-/m0/s1. The Bertz CT molecular complexity index is 1310. The summed E-state index contributed by atoms with van der Waals surface area (Å²) in [5, 5.41) is 7.99. The zero-order valence-electron chi connectivity index (χ0n) is 16.8. The molecule has 1 N–H and O–H groups in total. The van der Waals surface area contributed by atoms with E-state index in [1.807, 2.05) is 28.9 Å². The van der Waals surface area contributed by atoms with Gasteiger partial charge in [0.05, 0.1) is 5.70 Å². The largest absolute Gasteiger partial charge is 0.480 e. The second-order valence-electron chi connectivity index (χ2n) is 7.84. The number of hydrogen-bond acceptors (Lipinski definition) is 4. The number of anilines is 1. The Labute approximate surface area is 178 Å². The van der Waals surface area contributed by atoms with E-state index in [4.69, 9.17) is 4.74 Å². The first-order chi connectivity index (χ1) is 15.2. The summed E-state index contributed by atoms with van der Waals surface area (Å²) in [6.45, 7) is 2.07. The van der Waals surface area contributed by atoms with Crippen molar-refractivity contribution in [3.8, 4) is 5.75 Å². The van der Waals surface area contributed by atoms with Crippen LogP contribution in [0.4, 0.5) is 10.3 Å². The molecule has 6 heteroatoms. The summed E-state index contributed by atoms with van der Waals surface area (Å²) >= 11 is 0. The van der Waals surface area contributed by atoms with E-state index in [9.17, 15) is 4.39 Å². The molecule has 0 unspecified atom stereocenters. The first kappa shape index (κ1) is 17.9. The van der Waals surface area contributed by atoms with Gasteiger partial charge in [0, 0.05) is 11.1 Å². The molecule has 2 atom stereocenters. The Kier molecular flexibility index (Phi) is 3.93. The molecule has 3 heterocycles. The van der Waals surface area contributed by atoms with Gasteiger partial charge in [-0.3, -0.25) is 0 Å². The lowest BCUT2D eigenvalue weighted by atomic mass is 9.84. The number of rotatable bonds is 2. The molecule has 0 saturated heterocycles. The van der Waals surface area contributed by atoms with Crippen LogP contribution in [0.5, 0.6) is 5.75 Å². The van der Waals surface area contributed by atoms with Crippen molar-refractivity contribution in [2.24, 2.45) is 0 Å². The van der Waals surface area contributed by atoms with Crippen LogP contribution in [0.3, 0.4) is 0 Å². The highest BCUT2D eigenvalue weighted by Gasteiger charge is 2.40. The highest BCUT2D eigenvalue weighted by molar-refractivity contribution is 5.85. The van der Waals surface area contributed by atoms with Crippen molar-refractivity contribution in [1.82, 2.24) is 14.8 Å². The number of ether oxygens (including phenoxy) is 1. The van der Waals surface area contributed by atoms with Crippen LogP contribution >= 0.6 is 0 Å². The minimum absolute atomic E-state index is 0.210. The predicted molar refractivity (Wildman–Crippen MR) is 116 cm³/mol. The van der Waals surface area contributed by atoms with E-state index in [1.54, 1.807) is 18.5 Å². The summed E-state index contributed by atoms with van der Waals surface area (Å²) in [5.74, 6) is 1.18. The van der Waals surface area contributed by atoms with Gasteiger partial charge in [-0.05, 0) is 42.3 Å². The fourth-order valence-corrected chi connectivity index (χ4v) is 4.40. The van der Waals surface area contributed by atoms with Gasteiger partial charge in [-0.2, -0.15) is 10.1 Å². The van der Waals surface area contributed by atoms with Crippen molar-refractivity contribution in [3.05, 3.63) is 113 Å². The summed E-state index contributed by atoms with van der Waals surface area (Å²) < 4.78 is 22.1. The lowest BCUT2D eigenvalue weighted by Crippen LogP contribution is -2.32. The second kappa shape index (κ2) is 6.80. The summed E-state index contributed by atoms with van der Waals surface area (Å²) in [6.07, 6.45) is 1.16. The number of para-hydroxylation sites is 1. The molecule has 1 aromatic heterocycles. The SMILES string of the molecule is Cc1ccc([C@H]2C3=C(Nc4ncnn42)c2ccccc2O[C@H]3c2ccc(F)cc2)cc1. The smallest absolute Gasteiger partial charge is 0.226 e. The lowest BCUT2D eigenvalue weighted by Gasteiger charge is -2.39. The molecular weight excluding hydrogens is 391 g/mol. The van der Waals surface area contributed by atoms with E-state index < -0.39 is 6.10 Å². The van der Waals surface area contributed by atoms with Gasteiger partial charge in [0.15, 0.2) is 0 Å². The third kappa shape index (κ3) is 2.83. The molecule has 152 valence electrons. The molecule has 0 saturated carbocycles. The van der Waals surface area contributed by atoms with Gasteiger partial charge in [0.1, 0.15) is 30.0 Å². The number of nitrogens with zero attached hydrogens (tertiary/aromatic N) is 3. The fourth-order valence-electron chi connectivity index (χ4n) is 4.40. The molecule has 0 bridgehead atoms. The quantitative estimate of drug-likeness (QED) is 0.488. The van der Waals surface area contributed by atoms with Crippen LogP contribution in [-0.2, 0) is 0 Å². The maximum atomic E-state index is 13.7. The Morgan fingerprint density at radius 2 is 1.68 bits per heavy atom. The monoisotopic (exact) mass is 410 g/mol. The van der Waals surface area contributed by atoms with Crippen LogP contribution in [0.1, 0.15) is 34.4 Å². The Morgan fingerprint density at radius 1 is 0.935 bits per heavy atom. The summed E-state index contributed by atoms with van der Waals surface area (Å²) in [7, 11) is 0. The topological polar surface area (TPSA) is 52.0 Å². The van der Waals surface area contributed by atoms with Crippen LogP contribution in [0.25, 0.3) is 5.70 Å². The minimum atomic E-state index is -0.401. The molecule has 4 aromatic rings. The van der Waals surface area contributed by atoms with Crippen LogP contribution in [0, 0.1) is 12.7 Å². The second-order valence-corrected chi connectivity index (χ2v) is 7.84. The number of benzene rings is 3. The minimum Gasteiger partial charge on any atom is -0.480 e. The number of halogens is 1. The number of fused-ring (bicyclic) bond motifs is 3. The fraction of sp³-hybridized carbons (Fsp3) is 0.120. The van der Waals surface area contributed by atoms with E-state index in [0.29, 0.717) is 5.95 Å². The van der Waals surface area contributed by atoms with E-state index in [2.05, 4.69) is 46.6 Å². The van der Waals surface area contributed by atoms with Gasteiger partial charge >= 0.3 is 0 Å². The number of nitrogens with one attached hydrogen (secondary N) is 1. The molecule has 2 aliphatic heterocycles. The highest BCUT2D eigenvalue weighted by atomic mass is 19.1. The Hall–Kier alpha value is -3.93. The third-order valence-corrected chi connectivity index (χ3v) is 5.89. The maximum absolute atomic E-state index is 13.7. The highest BCUT2D eigenvalue weighted by Crippen LogP contribution is 2.50. The first-order valence-corrected chi connectivity index (χ1v) is 10.2. The Morgan fingerprint density at radius 3 is 2.48 bits per heavy atom. The number of aromatic nitrogens is 3. The van der Waals surface area contributed by atoms with Crippen molar-refractivity contribution in [2.75, 3.05) is 5.32 Å². The maximum Gasteiger partial charge on any atom is 0.226 e. The molecular formula is C25H19FN4O. The Balaban J connectivity index is 1.62. The van der Waals surface area contributed by atoms with Crippen molar-refractivity contribution < 1.29 is 9.13 Å². The molecule has 6 rings (SSSR count). The van der Waals surface area contributed by atoms with Gasteiger partial charge in [-0.1, -0.05) is 54.1 Å². The molecule has 5 nitrogen and oxygen atoms in total. The molecule has 0 spiro atoms. The van der Waals surface area contributed by atoms with Crippen LogP contribution in [0.15, 0.2) is 84.7 Å². The summed E-state index contributed by atoms with van der Waals surface area (Å²) in [6, 6.07) is 22.6. The van der Waals surface area contributed by atoms with Gasteiger partial charge < -0.3 is 10.1 Å². The molecule has 0 aliphatic carbocycles. The third-order valence-electron chi connectivity index (χ3n) is 5.89. The number of aryl methyl sites for hydroxylation is 1. The van der Waals surface area contributed by atoms with Crippen molar-refractivity contribution in [1.29, 1.82) is 0 Å². The van der Waals surface area contributed by atoms with Crippen molar-refractivity contribution in [2.45, 2.75) is 19.1 Å². The van der Waals surface area contributed by atoms with E-state index in [0.717, 1.165) is 33.7 Å². The van der Waals surface area contributed by atoms with Crippen molar-refractivity contribution in [3.63, 3.8) is 0 Å². The molecule has 3 aromatic carbocycles. The van der Waals surface area contributed by atoms with Gasteiger partial charge in [0.2, 0.25) is 5.95 Å². The summed E-state index contributed by atoms with van der Waals surface area (Å²) in [5.41, 5.74) is 6.11. The molecule has 31 heavy (non-hydrogen) atoms. The van der Waals surface area contributed by atoms with Gasteiger partial charge in [-0.15, -0.1) is 0 Å². The van der Waals surface area contributed by atoms with Gasteiger partial charge in [-0.25, -0.2) is 9.07 Å². The van der Waals surface area contributed by atoms with E-state index >= 15 is 0 Å². The van der Waals surface area contributed by atoms with Crippen LogP contribution in [0.2, 0.25) is 0 Å². The summed E-state index contributed by atoms with van der Waals surface area (Å²) in [4.78, 5) is 4.44. The van der Waals surface area contributed by atoms with E-state index in [1.165, 1.54) is 17.7 Å². The normalized spacial score (nSPS) is 19.0. The molecule has 0 radical (unpaired) electrons. The van der Waals surface area contributed by atoms with Crippen LogP contribution in [-0.4, -0.2) is 14.8 Å². The van der Waals surface area contributed by atoms with E-state index in [-0.39, 0.29) is 11.9 Å². The molecule has 2 aliphatic rings. The van der Waals surface area contributed by atoms with Crippen molar-refractivity contribution >= 4 is 11.6 Å². The lowest BCUT2D eigenvalue weighted by molar-refractivity contribution is 0.223. The molecule has 0 amide bonds. The average Bonchev–Trinajstić information content (AvgIpc) is 3.27. The zero-order valence-corrected chi connectivity index (χ0v) is 16.8. The first-order valence-electron chi connectivity index (χ1n) is 10.2.